The van der Waals surface area contributed by atoms with Gasteiger partial charge in [-0.05, 0) is 21.0 Å². The zero-order valence-corrected chi connectivity index (χ0v) is 17.5. The third-order valence-electron chi connectivity index (χ3n) is 4.82. The summed E-state index contributed by atoms with van der Waals surface area (Å²) in [6.07, 6.45) is -8.60. The van der Waals surface area contributed by atoms with Crippen LogP contribution in [0.4, 0.5) is 35.1 Å². The highest BCUT2D eigenvalue weighted by molar-refractivity contribution is 5.65. The van der Waals surface area contributed by atoms with E-state index < -0.39 is 47.2 Å². The number of nitrogens with zero attached hydrogens (tertiary/aromatic N) is 6. The number of halogens is 8. The molecule has 0 amide bonds. The van der Waals surface area contributed by atoms with Crippen LogP contribution in [0.2, 0.25) is 0 Å². The van der Waals surface area contributed by atoms with Gasteiger partial charge in [-0.3, -0.25) is 13.9 Å². The van der Waals surface area contributed by atoms with Crippen molar-refractivity contribution in [1.82, 2.24) is 28.6 Å². The first-order valence-electron chi connectivity index (χ1n) is 9.34. The lowest BCUT2D eigenvalue weighted by atomic mass is 10.1. The average Bonchev–Trinajstić information content (AvgIpc) is 3.21. The van der Waals surface area contributed by atoms with Crippen molar-refractivity contribution >= 4 is 5.78 Å². The van der Waals surface area contributed by atoms with Gasteiger partial charge in [0.1, 0.15) is 6.54 Å². The Labute approximate surface area is 180 Å². The maximum atomic E-state index is 13.8. The fourth-order valence-corrected chi connectivity index (χ4v) is 3.16. The molecule has 0 unspecified atom stereocenters. The van der Waals surface area contributed by atoms with E-state index in [1.165, 1.54) is 10.8 Å². The number of hydrogen-bond donors (Lipinski definition) is 0. The van der Waals surface area contributed by atoms with Gasteiger partial charge in [-0.15, -0.1) is 0 Å². The van der Waals surface area contributed by atoms with E-state index in [1.54, 1.807) is 25.9 Å². The predicted molar refractivity (Wildman–Crippen MR) is 100.0 cm³/mol. The number of fused-ring (bicyclic) bond motifs is 1. The molecule has 0 bridgehead atoms. The number of aryl methyl sites for hydroxylation is 1. The second kappa shape index (κ2) is 8.11. The molecule has 0 aromatic carbocycles. The molecule has 182 valence electrons. The van der Waals surface area contributed by atoms with Gasteiger partial charge in [0.2, 0.25) is 5.78 Å². The Balaban J connectivity index is 2.17. The fraction of sp³-hybridized carbons (Fsp3) is 0.500. The Morgan fingerprint density at radius 1 is 1.03 bits per heavy atom. The number of alkyl halides is 8. The number of imidazole rings is 1. The Kier molecular flexibility index (Phi) is 6.06. The van der Waals surface area contributed by atoms with Gasteiger partial charge in [-0.1, -0.05) is 0 Å². The molecule has 0 atom stereocenters. The van der Waals surface area contributed by atoms with E-state index in [-0.39, 0.29) is 17.0 Å². The van der Waals surface area contributed by atoms with Crippen LogP contribution in [0.1, 0.15) is 11.4 Å². The van der Waals surface area contributed by atoms with Gasteiger partial charge < -0.3 is 9.47 Å². The molecule has 0 N–H and O–H groups in total. The second-order valence-corrected chi connectivity index (χ2v) is 7.66. The summed E-state index contributed by atoms with van der Waals surface area (Å²) in [5.74, 6) is -5.47. The molecule has 0 fully saturated rings. The van der Waals surface area contributed by atoms with E-state index in [2.05, 4.69) is 10.1 Å². The smallest absolute Gasteiger partial charge is 0.313 e. The molecule has 3 rings (SSSR count). The molecule has 15 heteroatoms. The van der Waals surface area contributed by atoms with Crippen LogP contribution in [0.5, 0.6) is 0 Å². The molecular weight excluding hydrogens is 468 g/mol. The van der Waals surface area contributed by atoms with Gasteiger partial charge in [0.15, 0.2) is 5.69 Å². The molecule has 0 aliphatic carbocycles. The van der Waals surface area contributed by atoms with Crippen LogP contribution in [0.3, 0.4) is 0 Å². The zero-order chi connectivity index (χ0) is 24.9. The standard InChI is InChI=1S/C18H18F8N6O/c1-10-7-32-14(33)12(11-6-27-30(8-11)9-16(19,20)18(24,25)26)13(17(21,22)23)28-15(32)31(10)5-4-29(2)3/h6-8H,4-5,9H2,1-3H3. The first-order chi connectivity index (χ1) is 15.0. The lowest BCUT2D eigenvalue weighted by molar-refractivity contribution is -0.287. The summed E-state index contributed by atoms with van der Waals surface area (Å²) in [6, 6.07) is 0. The van der Waals surface area contributed by atoms with Crippen LogP contribution in [0, 0.1) is 6.92 Å². The summed E-state index contributed by atoms with van der Waals surface area (Å²) >= 11 is 0. The Morgan fingerprint density at radius 3 is 2.21 bits per heavy atom. The van der Waals surface area contributed by atoms with Crippen molar-refractivity contribution < 1.29 is 35.1 Å². The van der Waals surface area contributed by atoms with E-state index >= 15 is 0 Å². The lowest BCUT2D eigenvalue weighted by Crippen LogP contribution is -2.40. The van der Waals surface area contributed by atoms with E-state index in [9.17, 15) is 39.9 Å². The summed E-state index contributed by atoms with van der Waals surface area (Å²) < 4.78 is 108. The third kappa shape index (κ3) is 4.72. The quantitative estimate of drug-likeness (QED) is 0.501. The molecule has 0 radical (unpaired) electrons. The van der Waals surface area contributed by atoms with Gasteiger partial charge in [0.25, 0.3) is 5.56 Å². The molecule has 0 aliphatic heterocycles. The van der Waals surface area contributed by atoms with Gasteiger partial charge in [0, 0.05) is 36.7 Å². The minimum Gasteiger partial charge on any atom is -0.313 e. The average molecular weight is 486 g/mol. The van der Waals surface area contributed by atoms with E-state index in [1.807, 2.05) is 0 Å². The van der Waals surface area contributed by atoms with Crippen molar-refractivity contribution in [3.05, 3.63) is 40.3 Å². The monoisotopic (exact) mass is 486 g/mol. The number of likely N-dealkylation sites (N-methyl/N-ethyl adjacent to an activating group) is 1. The van der Waals surface area contributed by atoms with Crippen LogP contribution in [-0.2, 0) is 19.3 Å². The SMILES string of the molecule is Cc1cn2c(=O)c(-c3cnn(CC(F)(F)C(F)(F)F)c3)c(C(F)(F)F)nc2n1CCN(C)C. The number of aromatic nitrogens is 5. The molecule has 3 aromatic heterocycles. The normalized spacial score (nSPS) is 13.5. The summed E-state index contributed by atoms with van der Waals surface area (Å²) in [5, 5.41) is 3.29. The lowest BCUT2D eigenvalue weighted by Gasteiger charge is -2.19. The van der Waals surface area contributed by atoms with Gasteiger partial charge in [-0.2, -0.15) is 40.2 Å². The second-order valence-electron chi connectivity index (χ2n) is 7.66. The van der Waals surface area contributed by atoms with Crippen LogP contribution >= 0.6 is 0 Å². The first kappa shape index (κ1) is 24.7. The molecule has 7 nitrogen and oxygen atoms in total. The minimum atomic E-state index is -5.89. The topological polar surface area (TPSA) is 60.4 Å². The van der Waals surface area contributed by atoms with Crippen molar-refractivity contribution in [1.29, 1.82) is 0 Å². The maximum Gasteiger partial charge on any atom is 0.455 e. The van der Waals surface area contributed by atoms with Crippen LogP contribution in [0.25, 0.3) is 16.9 Å². The third-order valence-corrected chi connectivity index (χ3v) is 4.82. The van der Waals surface area contributed by atoms with Crippen LogP contribution in [-0.4, -0.2) is 61.4 Å². The van der Waals surface area contributed by atoms with Crippen LogP contribution < -0.4 is 5.56 Å². The van der Waals surface area contributed by atoms with Gasteiger partial charge >= 0.3 is 18.3 Å². The van der Waals surface area contributed by atoms with E-state index in [4.69, 9.17) is 0 Å². The van der Waals surface area contributed by atoms with Crippen LogP contribution in [0.15, 0.2) is 23.4 Å². The minimum absolute atomic E-state index is 0.130. The van der Waals surface area contributed by atoms with Crippen molar-refractivity contribution in [2.24, 2.45) is 0 Å². The molecule has 3 aromatic rings. The highest BCUT2D eigenvalue weighted by Gasteiger charge is 2.57. The number of hydrogen-bond acceptors (Lipinski definition) is 4. The van der Waals surface area contributed by atoms with Crippen molar-refractivity contribution in [3.8, 4) is 11.1 Å². The molecule has 3 heterocycles. The molecule has 0 saturated heterocycles. The maximum absolute atomic E-state index is 13.8. The molecule has 33 heavy (non-hydrogen) atoms. The number of rotatable bonds is 6. The highest BCUT2D eigenvalue weighted by Crippen LogP contribution is 2.37. The summed E-state index contributed by atoms with van der Waals surface area (Å²) in [6.45, 7) is 0.260. The summed E-state index contributed by atoms with van der Waals surface area (Å²) in [7, 11) is 3.50. The Morgan fingerprint density at radius 2 is 1.67 bits per heavy atom. The van der Waals surface area contributed by atoms with E-state index in [0.29, 0.717) is 24.6 Å². The molecule has 0 saturated carbocycles. The summed E-state index contributed by atoms with van der Waals surface area (Å²) in [5.41, 5.74) is -3.93. The van der Waals surface area contributed by atoms with Crippen molar-refractivity contribution in [3.63, 3.8) is 0 Å². The van der Waals surface area contributed by atoms with Gasteiger partial charge in [0.05, 0.1) is 11.8 Å². The van der Waals surface area contributed by atoms with Gasteiger partial charge in [-0.25, -0.2) is 4.98 Å². The predicted octanol–water partition coefficient (Wildman–Crippen LogP) is 3.45. The fourth-order valence-electron chi connectivity index (χ4n) is 3.16. The van der Waals surface area contributed by atoms with Crippen molar-refractivity contribution in [2.45, 2.75) is 38.3 Å². The highest BCUT2D eigenvalue weighted by atomic mass is 19.4. The zero-order valence-electron chi connectivity index (χ0n) is 17.5. The first-order valence-corrected chi connectivity index (χ1v) is 9.34. The molecule has 0 spiro atoms. The molecule has 0 aliphatic rings. The summed E-state index contributed by atoms with van der Waals surface area (Å²) in [4.78, 5) is 18.4. The van der Waals surface area contributed by atoms with Crippen molar-refractivity contribution in [2.75, 3.05) is 20.6 Å². The Hall–Kier alpha value is -2.97. The van der Waals surface area contributed by atoms with E-state index in [0.717, 1.165) is 4.40 Å². The molecular formula is C18H18F8N6O. The Bertz CT molecular complexity index is 1220. The largest absolute Gasteiger partial charge is 0.455 e.